The highest BCUT2D eigenvalue weighted by Crippen LogP contribution is 2.26. The van der Waals surface area contributed by atoms with Crippen LogP contribution in [0.2, 0.25) is 0 Å². The van der Waals surface area contributed by atoms with Crippen molar-refractivity contribution in [1.29, 1.82) is 0 Å². The summed E-state index contributed by atoms with van der Waals surface area (Å²) in [5, 5.41) is 8.28. The summed E-state index contributed by atoms with van der Waals surface area (Å²) in [5.74, 6) is 0. The minimum atomic E-state index is -3.68. The van der Waals surface area contributed by atoms with Gasteiger partial charge in [-0.3, -0.25) is 0 Å². The van der Waals surface area contributed by atoms with Crippen LogP contribution in [0.3, 0.4) is 0 Å². The van der Waals surface area contributed by atoms with Gasteiger partial charge in [0.2, 0.25) is 10.0 Å². The van der Waals surface area contributed by atoms with Crippen molar-refractivity contribution in [2.75, 3.05) is 6.54 Å². The average Bonchev–Trinajstić information content (AvgIpc) is 2.17. The number of benzene rings is 1. The van der Waals surface area contributed by atoms with E-state index in [4.69, 9.17) is 5.14 Å². The lowest BCUT2D eigenvalue weighted by molar-refractivity contribution is 0.597. The zero-order valence-corrected chi connectivity index (χ0v) is 11.7. The molecule has 1 aromatic rings. The van der Waals surface area contributed by atoms with Crippen LogP contribution in [0.5, 0.6) is 0 Å². The quantitative estimate of drug-likeness (QED) is 0.886. The van der Waals surface area contributed by atoms with Crippen LogP contribution in [-0.4, -0.2) is 15.0 Å². The normalized spacial score (nSPS) is 11.8. The highest BCUT2D eigenvalue weighted by molar-refractivity contribution is 9.10. The Balaban J connectivity index is 3.23. The molecule has 90 valence electrons. The molecule has 0 saturated heterocycles. The van der Waals surface area contributed by atoms with Gasteiger partial charge in [0, 0.05) is 11.0 Å². The van der Waals surface area contributed by atoms with E-state index in [0.29, 0.717) is 11.0 Å². The van der Waals surface area contributed by atoms with Crippen LogP contribution in [0.15, 0.2) is 21.5 Å². The van der Waals surface area contributed by atoms with Crippen molar-refractivity contribution in [1.82, 2.24) is 5.32 Å². The zero-order chi connectivity index (χ0) is 12.3. The van der Waals surface area contributed by atoms with Gasteiger partial charge in [-0.1, -0.05) is 13.0 Å². The molecule has 0 aliphatic carbocycles. The Morgan fingerprint density at radius 3 is 2.56 bits per heavy atom. The molecular formula is C10H15BrN2O2S. The molecule has 0 aliphatic heterocycles. The van der Waals surface area contributed by atoms with Crippen molar-refractivity contribution in [3.63, 3.8) is 0 Å². The topological polar surface area (TPSA) is 72.2 Å². The minimum Gasteiger partial charge on any atom is -0.313 e. The molecule has 0 spiro atoms. The van der Waals surface area contributed by atoms with E-state index in [1.165, 1.54) is 0 Å². The lowest BCUT2D eigenvalue weighted by Gasteiger charge is -2.09. The zero-order valence-electron chi connectivity index (χ0n) is 9.25. The van der Waals surface area contributed by atoms with Crippen molar-refractivity contribution in [2.45, 2.75) is 25.3 Å². The Morgan fingerprint density at radius 1 is 1.44 bits per heavy atom. The summed E-state index contributed by atoms with van der Waals surface area (Å²) < 4.78 is 23.3. The Hall–Kier alpha value is -0.430. The fourth-order valence-electron chi connectivity index (χ4n) is 1.39. The second-order valence-corrected chi connectivity index (χ2v) is 5.87. The van der Waals surface area contributed by atoms with Crippen LogP contribution in [0.1, 0.15) is 18.1 Å². The molecule has 0 amide bonds. The van der Waals surface area contributed by atoms with Crippen LogP contribution in [-0.2, 0) is 16.6 Å². The third kappa shape index (κ3) is 3.28. The number of halogens is 1. The molecule has 0 bridgehead atoms. The molecule has 1 rings (SSSR count). The number of aryl methyl sites for hydroxylation is 1. The number of nitrogens with two attached hydrogens (primary N) is 1. The Morgan fingerprint density at radius 2 is 2.06 bits per heavy atom. The second kappa shape index (κ2) is 5.27. The van der Waals surface area contributed by atoms with Crippen molar-refractivity contribution in [3.8, 4) is 0 Å². The number of rotatable bonds is 4. The maximum atomic E-state index is 11.4. The predicted molar refractivity (Wildman–Crippen MR) is 67.6 cm³/mol. The SMILES string of the molecule is CCNCc1cc(C)c(Br)c(S(N)(=O)=O)c1. The first-order valence-electron chi connectivity index (χ1n) is 4.88. The third-order valence-electron chi connectivity index (χ3n) is 2.17. The largest absolute Gasteiger partial charge is 0.313 e. The van der Waals surface area contributed by atoms with E-state index in [-0.39, 0.29) is 4.90 Å². The maximum absolute atomic E-state index is 11.4. The van der Waals surface area contributed by atoms with Gasteiger partial charge >= 0.3 is 0 Å². The van der Waals surface area contributed by atoms with Crippen LogP contribution >= 0.6 is 15.9 Å². The first-order chi connectivity index (χ1) is 7.36. The number of hydrogen-bond donors (Lipinski definition) is 2. The lowest BCUT2D eigenvalue weighted by Crippen LogP contribution is -2.16. The molecule has 0 heterocycles. The average molecular weight is 307 g/mol. The van der Waals surface area contributed by atoms with E-state index >= 15 is 0 Å². The minimum absolute atomic E-state index is 0.139. The monoisotopic (exact) mass is 306 g/mol. The van der Waals surface area contributed by atoms with Crippen LogP contribution in [0.25, 0.3) is 0 Å². The molecule has 6 heteroatoms. The first kappa shape index (κ1) is 13.6. The summed E-state index contributed by atoms with van der Waals surface area (Å²) in [6.07, 6.45) is 0. The van der Waals surface area contributed by atoms with Gasteiger partial charge in [0.25, 0.3) is 0 Å². The Kier molecular flexibility index (Phi) is 4.49. The van der Waals surface area contributed by atoms with Gasteiger partial charge in [0.15, 0.2) is 0 Å². The van der Waals surface area contributed by atoms with E-state index in [1.807, 2.05) is 19.9 Å². The van der Waals surface area contributed by atoms with Gasteiger partial charge < -0.3 is 5.32 Å². The lowest BCUT2D eigenvalue weighted by atomic mass is 10.1. The van der Waals surface area contributed by atoms with E-state index < -0.39 is 10.0 Å². The van der Waals surface area contributed by atoms with E-state index in [0.717, 1.165) is 17.7 Å². The van der Waals surface area contributed by atoms with Crippen molar-refractivity contribution in [2.24, 2.45) is 5.14 Å². The van der Waals surface area contributed by atoms with Crippen LogP contribution in [0, 0.1) is 6.92 Å². The molecule has 0 aromatic heterocycles. The van der Waals surface area contributed by atoms with E-state index in [1.54, 1.807) is 6.07 Å². The molecule has 0 aliphatic rings. The summed E-state index contributed by atoms with van der Waals surface area (Å²) in [7, 11) is -3.68. The fraction of sp³-hybridized carbons (Fsp3) is 0.400. The fourth-order valence-corrected chi connectivity index (χ4v) is 3.02. The Labute approximate surface area is 104 Å². The highest BCUT2D eigenvalue weighted by atomic mass is 79.9. The number of sulfonamides is 1. The second-order valence-electron chi connectivity index (χ2n) is 3.55. The standard InChI is InChI=1S/C10H15BrN2O2S/c1-3-13-6-8-4-7(2)10(11)9(5-8)16(12,14)15/h4-5,13H,3,6H2,1-2H3,(H2,12,14,15). The maximum Gasteiger partial charge on any atom is 0.239 e. The van der Waals surface area contributed by atoms with Gasteiger partial charge in [-0.05, 0) is 46.6 Å². The molecular weight excluding hydrogens is 292 g/mol. The Bertz CT molecular complexity index is 486. The summed E-state index contributed by atoms with van der Waals surface area (Å²) >= 11 is 3.24. The molecule has 0 saturated carbocycles. The van der Waals surface area contributed by atoms with Crippen molar-refractivity contribution in [3.05, 3.63) is 27.7 Å². The summed E-state index contributed by atoms with van der Waals surface area (Å²) in [6, 6.07) is 3.52. The smallest absolute Gasteiger partial charge is 0.239 e. The predicted octanol–water partition coefficient (Wildman–Crippen LogP) is 1.51. The van der Waals surface area contributed by atoms with Crippen LogP contribution < -0.4 is 10.5 Å². The number of nitrogens with one attached hydrogen (secondary N) is 1. The molecule has 4 nitrogen and oxygen atoms in total. The van der Waals surface area contributed by atoms with E-state index in [9.17, 15) is 8.42 Å². The molecule has 0 fully saturated rings. The summed E-state index contributed by atoms with van der Waals surface area (Å²) in [4.78, 5) is 0.139. The van der Waals surface area contributed by atoms with Crippen molar-refractivity contribution < 1.29 is 8.42 Å². The van der Waals surface area contributed by atoms with Crippen LogP contribution in [0.4, 0.5) is 0 Å². The van der Waals surface area contributed by atoms with Gasteiger partial charge in [0.1, 0.15) is 0 Å². The highest BCUT2D eigenvalue weighted by Gasteiger charge is 2.15. The number of primary sulfonamides is 1. The van der Waals surface area contributed by atoms with Crippen molar-refractivity contribution >= 4 is 26.0 Å². The first-order valence-corrected chi connectivity index (χ1v) is 7.22. The molecule has 1 aromatic carbocycles. The van der Waals surface area contributed by atoms with Gasteiger partial charge in [-0.25, -0.2) is 13.6 Å². The number of hydrogen-bond acceptors (Lipinski definition) is 3. The van der Waals surface area contributed by atoms with Gasteiger partial charge in [-0.2, -0.15) is 0 Å². The molecule has 0 radical (unpaired) electrons. The summed E-state index contributed by atoms with van der Waals surface area (Å²) in [6.45, 7) is 5.30. The molecule has 0 unspecified atom stereocenters. The molecule has 0 atom stereocenters. The molecule has 16 heavy (non-hydrogen) atoms. The molecule has 3 N–H and O–H groups in total. The van der Waals surface area contributed by atoms with Gasteiger partial charge in [0.05, 0.1) is 4.90 Å². The third-order valence-corrected chi connectivity index (χ3v) is 4.42. The summed E-state index contributed by atoms with van der Waals surface area (Å²) in [5.41, 5.74) is 1.77. The van der Waals surface area contributed by atoms with E-state index in [2.05, 4.69) is 21.2 Å². The van der Waals surface area contributed by atoms with Gasteiger partial charge in [-0.15, -0.1) is 0 Å².